The van der Waals surface area contributed by atoms with Crippen LogP contribution in [0.3, 0.4) is 0 Å². The van der Waals surface area contributed by atoms with Gasteiger partial charge in [0.2, 0.25) is 0 Å². The molecule has 1 aliphatic rings. The molecular formula is C14H16BrNO3. The predicted molar refractivity (Wildman–Crippen MR) is 74.8 cm³/mol. The molecule has 0 aromatic heterocycles. The third kappa shape index (κ3) is 3.15. The van der Waals surface area contributed by atoms with Gasteiger partial charge < -0.3 is 9.64 Å². The number of esters is 1. The minimum atomic E-state index is -0.434. The standard InChI is InChI=1S/C14H16BrNO3/c1-2-19-14(18)12-4-3-9-16(12)13(17)10-5-7-11(15)8-6-10/h5-8,12H,2-4,9H2,1H3. The number of hydrogen-bond acceptors (Lipinski definition) is 3. The van der Waals surface area contributed by atoms with Gasteiger partial charge in [-0.1, -0.05) is 15.9 Å². The molecule has 0 spiro atoms. The van der Waals surface area contributed by atoms with Crippen molar-refractivity contribution in [2.45, 2.75) is 25.8 Å². The van der Waals surface area contributed by atoms with Crippen molar-refractivity contribution in [2.75, 3.05) is 13.2 Å². The first-order valence-electron chi connectivity index (χ1n) is 6.36. The third-order valence-corrected chi connectivity index (χ3v) is 3.69. The van der Waals surface area contributed by atoms with Gasteiger partial charge in [0.25, 0.3) is 5.91 Å². The first kappa shape index (κ1) is 14.1. The molecule has 1 heterocycles. The molecule has 1 aromatic carbocycles. The molecule has 1 saturated heterocycles. The fourth-order valence-electron chi connectivity index (χ4n) is 2.25. The van der Waals surface area contributed by atoms with Crippen LogP contribution in [0.25, 0.3) is 0 Å². The average molecular weight is 326 g/mol. The van der Waals surface area contributed by atoms with Crippen molar-refractivity contribution in [2.24, 2.45) is 0 Å². The van der Waals surface area contributed by atoms with Gasteiger partial charge in [-0.3, -0.25) is 4.79 Å². The number of benzene rings is 1. The number of halogens is 1. The molecule has 1 fully saturated rings. The van der Waals surface area contributed by atoms with Crippen LogP contribution in [-0.4, -0.2) is 36.0 Å². The van der Waals surface area contributed by atoms with E-state index in [1.807, 2.05) is 12.1 Å². The Balaban J connectivity index is 2.13. The first-order valence-corrected chi connectivity index (χ1v) is 7.16. The van der Waals surface area contributed by atoms with E-state index in [0.717, 1.165) is 10.9 Å². The molecule has 0 N–H and O–H groups in total. The van der Waals surface area contributed by atoms with E-state index < -0.39 is 6.04 Å². The third-order valence-electron chi connectivity index (χ3n) is 3.16. The number of ether oxygens (including phenoxy) is 1. The Morgan fingerprint density at radius 2 is 2.05 bits per heavy atom. The Kier molecular flexibility index (Phi) is 4.58. The monoisotopic (exact) mass is 325 g/mol. The molecule has 0 aliphatic carbocycles. The zero-order valence-corrected chi connectivity index (χ0v) is 12.4. The number of carbonyl (C=O) groups excluding carboxylic acids is 2. The maximum Gasteiger partial charge on any atom is 0.328 e. The van der Waals surface area contributed by atoms with Crippen LogP contribution in [0.2, 0.25) is 0 Å². The highest BCUT2D eigenvalue weighted by molar-refractivity contribution is 9.10. The van der Waals surface area contributed by atoms with Crippen LogP contribution in [0, 0.1) is 0 Å². The van der Waals surface area contributed by atoms with Crippen molar-refractivity contribution >= 4 is 27.8 Å². The van der Waals surface area contributed by atoms with E-state index in [4.69, 9.17) is 4.74 Å². The average Bonchev–Trinajstić information content (AvgIpc) is 2.88. The summed E-state index contributed by atoms with van der Waals surface area (Å²) >= 11 is 3.33. The lowest BCUT2D eigenvalue weighted by Crippen LogP contribution is -2.41. The largest absolute Gasteiger partial charge is 0.464 e. The molecule has 1 atom stereocenters. The zero-order chi connectivity index (χ0) is 13.8. The smallest absolute Gasteiger partial charge is 0.328 e. The molecule has 2 rings (SSSR count). The van der Waals surface area contributed by atoms with Crippen LogP contribution in [0.15, 0.2) is 28.7 Å². The zero-order valence-electron chi connectivity index (χ0n) is 10.8. The lowest BCUT2D eigenvalue weighted by molar-refractivity contribution is -0.147. The highest BCUT2D eigenvalue weighted by atomic mass is 79.9. The molecular weight excluding hydrogens is 310 g/mol. The van der Waals surface area contributed by atoms with Crippen molar-refractivity contribution in [3.05, 3.63) is 34.3 Å². The number of rotatable bonds is 3. The van der Waals surface area contributed by atoms with E-state index in [2.05, 4.69) is 15.9 Å². The Hall–Kier alpha value is -1.36. The van der Waals surface area contributed by atoms with Crippen LogP contribution >= 0.6 is 15.9 Å². The maximum atomic E-state index is 12.4. The van der Waals surface area contributed by atoms with Crippen LogP contribution < -0.4 is 0 Å². The van der Waals surface area contributed by atoms with Gasteiger partial charge in [0.15, 0.2) is 0 Å². The molecule has 0 saturated carbocycles. The molecule has 0 bridgehead atoms. The van der Waals surface area contributed by atoms with E-state index in [1.54, 1.807) is 24.0 Å². The minimum Gasteiger partial charge on any atom is -0.464 e. The summed E-state index contributed by atoms with van der Waals surface area (Å²) in [6, 6.07) is 6.72. The van der Waals surface area contributed by atoms with Crippen LogP contribution in [0.1, 0.15) is 30.1 Å². The van der Waals surface area contributed by atoms with E-state index in [9.17, 15) is 9.59 Å². The normalized spacial score (nSPS) is 18.4. The fraction of sp³-hybridized carbons (Fsp3) is 0.429. The van der Waals surface area contributed by atoms with Crippen LogP contribution in [0.4, 0.5) is 0 Å². The summed E-state index contributed by atoms with van der Waals surface area (Å²) in [5, 5.41) is 0. The first-order chi connectivity index (χ1) is 9.13. The molecule has 1 aliphatic heterocycles. The second kappa shape index (κ2) is 6.19. The minimum absolute atomic E-state index is 0.108. The van der Waals surface area contributed by atoms with Gasteiger partial charge in [0, 0.05) is 16.6 Å². The Morgan fingerprint density at radius 1 is 1.37 bits per heavy atom. The molecule has 4 nitrogen and oxygen atoms in total. The van der Waals surface area contributed by atoms with E-state index in [-0.39, 0.29) is 11.9 Å². The topological polar surface area (TPSA) is 46.6 Å². The van der Waals surface area contributed by atoms with Crippen molar-refractivity contribution in [1.82, 2.24) is 4.90 Å². The molecule has 0 radical (unpaired) electrons. The summed E-state index contributed by atoms with van der Waals surface area (Å²) < 4.78 is 5.94. The second-order valence-corrected chi connectivity index (χ2v) is 5.33. The fourth-order valence-corrected chi connectivity index (χ4v) is 2.52. The Labute approximate surface area is 120 Å². The van der Waals surface area contributed by atoms with E-state index in [0.29, 0.717) is 25.1 Å². The SMILES string of the molecule is CCOC(=O)C1CCCN1C(=O)c1ccc(Br)cc1. The lowest BCUT2D eigenvalue weighted by Gasteiger charge is -2.23. The van der Waals surface area contributed by atoms with Crippen molar-refractivity contribution < 1.29 is 14.3 Å². The quantitative estimate of drug-likeness (QED) is 0.802. The molecule has 5 heteroatoms. The van der Waals surface area contributed by atoms with E-state index in [1.165, 1.54) is 0 Å². The second-order valence-electron chi connectivity index (χ2n) is 4.42. The maximum absolute atomic E-state index is 12.4. The number of likely N-dealkylation sites (tertiary alicyclic amines) is 1. The van der Waals surface area contributed by atoms with Crippen molar-refractivity contribution in [3.8, 4) is 0 Å². The predicted octanol–water partition coefficient (Wildman–Crippen LogP) is 2.62. The van der Waals surface area contributed by atoms with Gasteiger partial charge in [-0.15, -0.1) is 0 Å². The van der Waals surface area contributed by atoms with Gasteiger partial charge in [-0.25, -0.2) is 4.79 Å². The van der Waals surface area contributed by atoms with Crippen molar-refractivity contribution in [3.63, 3.8) is 0 Å². The van der Waals surface area contributed by atoms with Gasteiger partial charge in [0.1, 0.15) is 6.04 Å². The summed E-state index contributed by atoms with van der Waals surface area (Å²) in [4.78, 5) is 25.8. The van der Waals surface area contributed by atoms with Crippen LogP contribution in [0.5, 0.6) is 0 Å². The lowest BCUT2D eigenvalue weighted by atomic mass is 10.1. The number of nitrogens with zero attached hydrogens (tertiary/aromatic N) is 1. The van der Waals surface area contributed by atoms with Gasteiger partial charge in [0.05, 0.1) is 6.61 Å². The summed E-state index contributed by atoms with van der Waals surface area (Å²) in [5.41, 5.74) is 0.597. The summed E-state index contributed by atoms with van der Waals surface area (Å²) in [5.74, 6) is -0.409. The number of hydrogen-bond donors (Lipinski definition) is 0. The molecule has 19 heavy (non-hydrogen) atoms. The molecule has 1 aromatic rings. The number of carbonyl (C=O) groups is 2. The Bertz CT molecular complexity index is 472. The highest BCUT2D eigenvalue weighted by Crippen LogP contribution is 2.22. The summed E-state index contributed by atoms with van der Waals surface area (Å²) in [6.45, 7) is 2.72. The number of amides is 1. The van der Waals surface area contributed by atoms with E-state index >= 15 is 0 Å². The van der Waals surface area contributed by atoms with Gasteiger partial charge >= 0.3 is 5.97 Å². The van der Waals surface area contributed by atoms with Crippen LogP contribution in [-0.2, 0) is 9.53 Å². The highest BCUT2D eigenvalue weighted by Gasteiger charge is 2.35. The molecule has 102 valence electrons. The summed E-state index contributed by atoms with van der Waals surface area (Å²) in [6.07, 6.45) is 1.52. The molecule has 1 amide bonds. The van der Waals surface area contributed by atoms with Crippen molar-refractivity contribution in [1.29, 1.82) is 0 Å². The van der Waals surface area contributed by atoms with Gasteiger partial charge in [-0.05, 0) is 44.0 Å². The summed E-state index contributed by atoms with van der Waals surface area (Å²) in [7, 11) is 0. The van der Waals surface area contributed by atoms with Gasteiger partial charge in [-0.2, -0.15) is 0 Å². The molecule has 1 unspecified atom stereocenters. The Morgan fingerprint density at radius 3 is 2.68 bits per heavy atom.